The molecule has 47 heavy (non-hydrogen) atoms. The monoisotopic (exact) mass is 610 g/mol. The number of nitrogens with zero attached hydrogens (tertiary/aromatic N) is 2. The molecule has 6 aromatic rings. The molecule has 0 spiro atoms. The molecule has 0 aromatic heterocycles. The largest absolute Gasteiger partial charge is 0.458 e. The Hall–Kier alpha value is -5.22. The number of anilines is 6. The number of hydrogen-bond donors (Lipinski definition) is 0. The first-order valence-corrected chi connectivity index (χ1v) is 17.0. The van der Waals surface area contributed by atoms with Gasteiger partial charge in [0.05, 0.1) is 0 Å². The number of unbranched alkanes of at least 4 members (excludes halogenated alkanes) is 3. The minimum absolute atomic E-state index is 0.0746. The van der Waals surface area contributed by atoms with Gasteiger partial charge in [-0.1, -0.05) is 99.0 Å². The fourth-order valence-electron chi connectivity index (χ4n) is 7.40. The Bertz CT molecular complexity index is 1980. The Kier molecular flexibility index (Phi) is 7.78. The number of benzene rings is 6. The van der Waals surface area contributed by atoms with Gasteiger partial charge in [0.2, 0.25) is 0 Å². The summed E-state index contributed by atoms with van der Waals surface area (Å²) in [6.07, 6.45) is 6.21. The highest BCUT2D eigenvalue weighted by molar-refractivity contribution is 6.99. The zero-order valence-electron chi connectivity index (χ0n) is 27.2. The molecule has 0 atom stereocenters. The van der Waals surface area contributed by atoms with Crippen molar-refractivity contribution in [1.29, 1.82) is 0 Å². The summed E-state index contributed by atoms with van der Waals surface area (Å²) in [5, 5.41) is 0. The van der Waals surface area contributed by atoms with Crippen molar-refractivity contribution in [3.8, 4) is 11.5 Å². The summed E-state index contributed by atoms with van der Waals surface area (Å²) in [4.78, 5) is 4.82. The summed E-state index contributed by atoms with van der Waals surface area (Å²) in [5.41, 5.74) is 13.2. The molecule has 4 heteroatoms. The summed E-state index contributed by atoms with van der Waals surface area (Å²) >= 11 is 0. The Balaban J connectivity index is 1.32. The lowest BCUT2D eigenvalue weighted by molar-refractivity contribution is 0.487. The summed E-state index contributed by atoms with van der Waals surface area (Å²) < 4.78 is 6.63. The van der Waals surface area contributed by atoms with Crippen LogP contribution in [-0.4, -0.2) is 6.71 Å². The SMILES string of the molecule is CCCCCCc1ccc(N2c3cc(N(c4ccccc4)c4ccccc4)ccc3B3c4ccccc4Oc4cc(C)cc2c43)cc1. The van der Waals surface area contributed by atoms with E-state index in [-0.39, 0.29) is 6.71 Å². The van der Waals surface area contributed by atoms with Crippen molar-refractivity contribution in [3.63, 3.8) is 0 Å². The van der Waals surface area contributed by atoms with Gasteiger partial charge in [-0.2, -0.15) is 0 Å². The van der Waals surface area contributed by atoms with Crippen LogP contribution >= 0.6 is 0 Å². The quantitative estimate of drug-likeness (QED) is 0.120. The molecule has 0 radical (unpaired) electrons. The maximum absolute atomic E-state index is 6.63. The molecule has 0 amide bonds. The van der Waals surface area contributed by atoms with Gasteiger partial charge in [-0.05, 0) is 114 Å². The van der Waals surface area contributed by atoms with Crippen LogP contribution in [0.4, 0.5) is 34.1 Å². The van der Waals surface area contributed by atoms with E-state index in [1.807, 2.05) is 0 Å². The van der Waals surface area contributed by atoms with E-state index in [0.717, 1.165) is 40.7 Å². The van der Waals surface area contributed by atoms with Gasteiger partial charge in [0, 0.05) is 34.1 Å². The standard InChI is InChI=1S/C43H39BN2O/c1-3-4-5-8-15-32-22-24-35(25-23-32)46-39-30-36(45(33-16-9-6-10-17-33)34-18-11-7-12-19-34)26-27-37(39)44-38-20-13-14-21-41(38)47-42-29-31(2)28-40(46)43(42)44/h6-7,9-14,16-30H,3-5,8,15H2,1-2H3. The van der Waals surface area contributed by atoms with Crippen LogP contribution in [0, 0.1) is 6.92 Å². The Morgan fingerprint density at radius 2 is 1.30 bits per heavy atom. The first kappa shape index (κ1) is 29.2. The number of para-hydroxylation sites is 3. The van der Waals surface area contributed by atoms with Gasteiger partial charge in [-0.3, -0.25) is 0 Å². The molecule has 0 unspecified atom stereocenters. The third-order valence-electron chi connectivity index (χ3n) is 9.61. The summed E-state index contributed by atoms with van der Waals surface area (Å²) in [6, 6.07) is 50.7. The molecule has 8 rings (SSSR count). The minimum atomic E-state index is 0.0746. The van der Waals surface area contributed by atoms with Crippen LogP contribution in [0.25, 0.3) is 0 Å². The smallest absolute Gasteiger partial charge is 0.256 e. The van der Waals surface area contributed by atoms with Crippen molar-refractivity contribution < 1.29 is 4.74 Å². The van der Waals surface area contributed by atoms with Crippen molar-refractivity contribution in [1.82, 2.24) is 0 Å². The van der Waals surface area contributed by atoms with Gasteiger partial charge in [-0.15, -0.1) is 0 Å². The third kappa shape index (κ3) is 5.38. The van der Waals surface area contributed by atoms with Crippen LogP contribution in [0.1, 0.15) is 43.7 Å². The molecular weight excluding hydrogens is 571 g/mol. The van der Waals surface area contributed by atoms with Crippen LogP contribution in [0.3, 0.4) is 0 Å². The summed E-state index contributed by atoms with van der Waals surface area (Å²) in [7, 11) is 0. The van der Waals surface area contributed by atoms with Gasteiger partial charge in [0.1, 0.15) is 11.5 Å². The topological polar surface area (TPSA) is 15.7 Å². The summed E-state index contributed by atoms with van der Waals surface area (Å²) in [5.74, 6) is 1.89. The number of rotatable bonds is 9. The maximum Gasteiger partial charge on any atom is 0.256 e. The highest BCUT2D eigenvalue weighted by atomic mass is 16.5. The molecule has 0 bridgehead atoms. The molecule has 0 aliphatic carbocycles. The zero-order valence-corrected chi connectivity index (χ0v) is 27.2. The van der Waals surface area contributed by atoms with Gasteiger partial charge >= 0.3 is 0 Å². The van der Waals surface area contributed by atoms with E-state index < -0.39 is 0 Å². The van der Waals surface area contributed by atoms with E-state index in [9.17, 15) is 0 Å². The predicted octanol–water partition coefficient (Wildman–Crippen LogP) is 9.99. The lowest BCUT2D eigenvalue weighted by Crippen LogP contribution is -2.59. The van der Waals surface area contributed by atoms with Gasteiger partial charge in [-0.25, -0.2) is 0 Å². The normalized spacial score (nSPS) is 12.6. The van der Waals surface area contributed by atoms with Crippen LogP contribution in [-0.2, 0) is 6.42 Å². The molecule has 0 saturated carbocycles. The van der Waals surface area contributed by atoms with E-state index in [4.69, 9.17) is 4.74 Å². The van der Waals surface area contributed by atoms with Crippen molar-refractivity contribution in [2.75, 3.05) is 9.80 Å². The average molecular weight is 611 g/mol. The third-order valence-corrected chi connectivity index (χ3v) is 9.61. The highest BCUT2D eigenvalue weighted by Crippen LogP contribution is 2.44. The predicted molar refractivity (Wildman–Crippen MR) is 200 cm³/mol. The van der Waals surface area contributed by atoms with Crippen LogP contribution in [0.2, 0.25) is 0 Å². The fraction of sp³-hybridized carbons (Fsp3) is 0.163. The first-order valence-electron chi connectivity index (χ1n) is 17.0. The first-order chi connectivity index (χ1) is 23.2. The molecule has 0 N–H and O–H groups in total. The molecule has 6 aromatic carbocycles. The Morgan fingerprint density at radius 3 is 2.02 bits per heavy atom. The van der Waals surface area contributed by atoms with Crippen LogP contribution < -0.4 is 30.9 Å². The van der Waals surface area contributed by atoms with Crippen molar-refractivity contribution in [2.45, 2.75) is 46.0 Å². The molecule has 2 aliphatic heterocycles. The average Bonchev–Trinajstić information content (AvgIpc) is 3.11. The molecule has 3 nitrogen and oxygen atoms in total. The van der Waals surface area contributed by atoms with E-state index >= 15 is 0 Å². The Labute approximate surface area is 279 Å². The van der Waals surface area contributed by atoms with Crippen LogP contribution in [0.15, 0.2) is 140 Å². The molecular formula is C43H39BN2O. The molecule has 230 valence electrons. The van der Waals surface area contributed by atoms with E-state index in [1.54, 1.807) is 0 Å². The number of hydrogen-bond acceptors (Lipinski definition) is 3. The maximum atomic E-state index is 6.63. The zero-order chi connectivity index (χ0) is 31.7. The molecule has 0 fully saturated rings. The lowest BCUT2D eigenvalue weighted by Gasteiger charge is -2.41. The van der Waals surface area contributed by atoms with Crippen molar-refractivity contribution in [3.05, 3.63) is 151 Å². The van der Waals surface area contributed by atoms with Crippen molar-refractivity contribution in [2.24, 2.45) is 0 Å². The molecule has 2 heterocycles. The second-order valence-electron chi connectivity index (χ2n) is 12.8. The van der Waals surface area contributed by atoms with Crippen molar-refractivity contribution >= 4 is 57.2 Å². The van der Waals surface area contributed by atoms with Crippen LogP contribution in [0.5, 0.6) is 11.5 Å². The number of aryl methyl sites for hydroxylation is 2. The number of ether oxygens (including phenoxy) is 1. The fourth-order valence-corrected chi connectivity index (χ4v) is 7.40. The summed E-state index contributed by atoms with van der Waals surface area (Å²) in [6.45, 7) is 4.52. The molecule has 2 aliphatic rings. The van der Waals surface area contributed by atoms with E-state index in [2.05, 4.69) is 163 Å². The highest BCUT2D eigenvalue weighted by Gasteiger charge is 2.42. The van der Waals surface area contributed by atoms with Gasteiger partial charge in [0.25, 0.3) is 6.71 Å². The Morgan fingerprint density at radius 1 is 0.596 bits per heavy atom. The lowest BCUT2D eigenvalue weighted by atomic mass is 9.34. The second kappa shape index (κ2) is 12.5. The molecule has 0 saturated heterocycles. The van der Waals surface area contributed by atoms with Gasteiger partial charge in [0.15, 0.2) is 0 Å². The number of fused-ring (bicyclic) bond motifs is 4. The van der Waals surface area contributed by atoms with E-state index in [1.165, 1.54) is 64.6 Å². The van der Waals surface area contributed by atoms with E-state index in [0.29, 0.717) is 0 Å². The second-order valence-corrected chi connectivity index (χ2v) is 12.8. The minimum Gasteiger partial charge on any atom is -0.458 e. The van der Waals surface area contributed by atoms with Gasteiger partial charge < -0.3 is 14.5 Å².